The second-order valence-electron chi connectivity index (χ2n) is 5.82. The highest BCUT2D eigenvalue weighted by atomic mass is 19.1. The second kappa shape index (κ2) is 8.40. The fourth-order valence-corrected chi connectivity index (χ4v) is 2.76. The first kappa shape index (κ1) is 17.1. The third-order valence-electron chi connectivity index (χ3n) is 4.12. The maximum Gasteiger partial charge on any atom is 0.127 e. The van der Waals surface area contributed by atoms with Crippen molar-refractivity contribution in [3.8, 4) is 5.75 Å². The van der Waals surface area contributed by atoms with Crippen LogP contribution in [0.2, 0.25) is 0 Å². The number of ether oxygens (including phenoxy) is 1. The molecule has 2 N–H and O–H groups in total. The fourth-order valence-electron chi connectivity index (χ4n) is 2.76. The molecule has 4 heteroatoms. The Morgan fingerprint density at radius 1 is 0.920 bits per heavy atom. The standard InChI is InChI=1S/C21H21FN2O/c22-13-16-5-7-17(8-6-16)15-24-11-12-25-21-10-9-18(14-23)19-3-1-2-4-20(19)21/h1-10,14,23-24H,11-13,15H2. The summed E-state index contributed by atoms with van der Waals surface area (Å²) in [5.41, 5.74) is 2.71. The smallest absolute Gasteiger partial charge is 0.127 e. The zero-order valence-corrected chi connectivity index (χ0v) is 14.0. The lowest BCUT2D eigenvalue weighted by Crippen LogP contribution is -2.20. The molecular formula is C21H21FN2O. The van der Waals surface area contributed by atoms with E-state index in [9.17, 15) is 4.39 Å². The number of hydrogen-bond acceptors (Lipinski definition) is 3. The Hall–Kier alpha value is -2.72. The number of halogens is 1. The van der Waals surface area contributed by atoms with Gasteiger partial charge in [-0.15, -0.1) is 0 Å². The topological polar surface area (TPSA) is 45.1 Å². The Morgan fingerprint density at radius 2 is 1.64 bits per heavy atom. The van der Waals surface area contributed by atoms with Crippen LogP contribution in [0.5, 0.6) is 5.75 Å². The summed E-state index contributed by atoms with van der Waals surface area (Å²) in [5.74, 6) is 0.829. The van der Waals surface area contributed by atoms with Crippen LogP contribution in [0, 0.1) is 5.41 Å². The van der Waals surface area contributed by atoms with Gasteiger partial charge in [0, 0.05) is 30.3 Å². The van der Waals surface area contributed by atoms with E-state index in [1.165, 1.54) is 6.21 Å². The Bertz CT molecular complexity index is 846. The number of hydrogen-bond donors (Lipinski definition) is 2. The number of alkyl halides is 1. The summed E-state index contributed by atoms with van der Waals surface area (Å²) in [6.07, 6.45) is 1.36. The average molecular weight is 336 g/mol. The predicted molar refractivity (Wildman–Crippen MR) is 100 cm³/mol. The molecule has 0 aliphatic rings. The molecule has 0 saturated carbocycles. The summed E-state index contributed by atoms with van der Waals surface area (Å²) >= 11 is 0. The van der Waals surface area contributed by atoms with Gasteiger partial charge in [0.1, 0.15) is 19.0 Å². The molecule has 0 unspecified atom stereocenters. The maximum absolute atomic E-state index is 12.5. The molecule has 0 heterocycles. The second-order valence-corrected chi connectivity index (χ2v) is 5.82. The third-order valence-corrected chi connectivity index (χ3v) is 4.12. The highest BCUT2D eigenvalue weighted by molar-refractivity contribution is 6.01. The molecule has 0 amide bonds. The number of fused-ring (bicyclic) bond motifs is 1. The predicted octanol–water partition coefficient (Wildman–Crippen LogP) is 4.48. The molecule has 3 aromatic carbocycles. The lowest BCUT2D eigenvalue weighted by molar-refractivity contribution is 0.317. The van der Waals surface area contributed by atoms with E-state index in [1.54, 1.807) is 0 Å². The minimum absolute atomic E-state index is 0.424. The monoisotopic (exact) mass is 336 g/mol. The van der Waals surface area contributed by atoms with Gasteiger partial charge in [-0.25, -0.2) is 4.39 Å². The van der Waals surface area contributed by atoms with Crippen molar-refractivity contribution in [3.05, 3.63) is 77.4 Å². The van der Waals surface area contributed by atoms with Gasteiger partial charge in [-0.2, -0.15) is 0 Å². The molecule has 0 aromatic heterocycles. The van der Waals surface area contributed by atoms with E-state index in [0.717, 1.165) is 34.2 Å². The molecule has 0 radical (unpaired) electrons. The molecular weight excluding hydrogens is 315 g/mol. The van der Waals surface area contributed by atoms with Gasteiger partial charge in [-0.3, -0.25) is 0 Å². The molecule has 0 spiro atoms. The van der Waals surface area contributed by atoms with Crippen LogP contribution in [-0.2, 0) is 13.2 Å². The van der Waals surface area contributed by atoms with Crippen molar-refractivity contribution in [2.75, 3.05) is 13.2 Å². The van der Waals surface area contributed by atoms with Crippen molar-refractivity contribution in [1.82, 2.24) is 5.32 Å². The van der Waals surface area contributed by atoms with Gasteiger partial charge in [0.05, 0.1) is 0 Å². The molecule has 3 rings (SSSR count). The number of benzene rings is 3. The molecule has 25 heavy (non-hydrogen) atoms. The van der Waals surface area contributed by atoms with Crippen molar-refractivity contribution >= 4 is 17.0 Å². The Kier molecular flexibility index (Phi) is 5.75. The van der Waals surface area contributed by atoms with Crippen LogP contribution < -0.4 is 10.1 Å². The van der Waals surface area contributed by atoms with Crippen molar-refractivity contribution in [2.45, 2.75) is 13.2 Å². The quantitative estimate of drug-likeness (QED) is 0.471. The number of rotatable bonds is 8. The van der Waals surface area contributed by atoms with E-state index in [0.29, 0.717) is 18.7 Å². The summed E-state index contributed by atoms with van der Waals surface area (Å²) in [5, 5.41) is 12.9. The highest BCUT2D eigenvalue weighted by Crippen LogP contribution is 2.27. The van der Waals surface area contributed by atoms with Crippen LogP contribution in [0.25, 0.3) is 10.8 Å². The van der Waals surface area contributed by atoms with Gasteiger partial charge < -0.3 is 15.5 Å². The average Bonchev–Trinajstić information content (AvgIpc) is 2.68. The minimum Gasteiger partial charge on any atom is -0.492 e. The lowest BCUT2D eigenvalue weighted by atomic mass is 10.0. The molecule has 128 valence electrons. The van der Waals surface area contributed by atoms with Crippen LogP contribution in [0.15, 0.2) is 60.7 Å². The minimum atomic E-state index is -0.424. The first-order valence-electron chi connectivity index (χ1n) is 8.31. The van der Waals surface area contributed by atoms with E-state index in [1.807, 2.05) is 60.7 Å². The molecule has 0 fully saturated rings. The van der Waals surface area contributed by atoms with E-state index >= 15 is 0 Å². The Labute approximate surface area is 147 Å². The van der Waals surface area contributed by atoms with Gasteiger partial charge in [0.25, 0.3) is 0 Å². The molecule has 0 bridgehead atoms. The van der Waals surface area contributed by atoms with Crippen LogP contribution in [-0.4, -0.2) is 19.4 Å². The Balaban J connectivity index is 1.54. The summed E-state index contributed by atoms with van der Waals surface area (Å²) in [6.45, 7) is 1.57. The van der Waals surface area contributed by atoms with Crippen molar-refractivity contribution in [2.24, 2.45) is 0 Å². The lowest BCUT2D eigenvalue weighted by Gasteiger charge is -2.11. The SMILES string of the molecule is N=Cc1ccc(OCCNCc2ccc(CF)cc2)c2ccccc12. The summed E-state index contributed by atoms with van der Waals surface area (Å²) in [4.78, 5) is 0. The Morgan fingerprint density at radius 3 is 2.36 bits per heavy atom. The molecule has 3 aromatic rings. The van der Waals surface area contributed by atoms with Gasteiger partial charge in [-0.05, 0) is 28.6 Å². The first-order chi connectivity index (χ1) is 12.3. The first-order valence-corrected chi connectivity index (χ1v) is 8.31. The summed E-state index contributed by atoms with van der Waals surface area (Å²) in [7, 11) is 0. The molecule has 0 atom stereocenters. The van der Waals surface area contributed by atoms with E-state index in [-0.39, 0.29) is 0 Å². The molecule has 0 saturated heterocycles. The van der Waals surface area contributed by atoms with Crippen molar-refractivity contribution < 1.29 is 9.13 Å². The fraction of sp³-hybridized carbons (Fsp3) is 0.190. The zero-order chi connectivity index (χ0) is 17.5. The van der Waals surface area contributed by atoms with Gasteiger partial charge in [0.15, 0.2) is 0 Å². The highest BCUT2D eigenvalue weighted by Gasteiger charge is 2.05. The third kappa shape index (κ3) is 4.22. The van der Waals surface area contributed by atoms with Crippen LogP contribution in [0.3, 0.4) is 0 Å². The van der Waals surface area contributed by atoms with Gasteiger partial charge in [0.2, 0.25) is 0 Å². The normalized spacial score (nSPS) is 10.8. The van der Waals surface area contributed by atoms with Crippen LogP contribution in [0.1, 0.15) is 16.7 Å². The molecule has 3 nitrogen and oxygen atoms in total. The van der Waals surface area contributed by atoms with E-state index in [4.69, 9.17) is 10.1 Å². The summed E-state index contributed by atoms with van der Waals surface area (Å²) < 4.78 is 18.4. The van der Waals surface area contributed by atoms with Crippen LogP contribution in [0.4, 0.5) is 4.39 Å². The van der Waals surface area contributed by atoms with Crippen molar-refractivity contribution in [1.29, 1.82) is 5.41 Å². The summed E-state index contributed by atoms with van der Waals surface area (Å²) in [6, 6.07) is 19.3. The zero-order valence-electron chi connectivity index (χ0n) is 14.0. The van der Waals surface area contributed by atoms with Gasteiger partial charge in [-0.1, -0.05) is 48.5 Å². The maximum atomic E-state index is 12.5. The largest absolute Gasteiger partial charge is 0.492 e. The van der Waals surface area contributed by atoms with Crippen molar-refractivity contribution in [3.63, 3.8) is 0 Å². The molecule has 0 aliphatic carbocycles. The van der Waals surface area contributed by atoms with E-state index in [2.05, 4.69) is 5.32 Å². The van der Waals surface area contributed by atoms with Crippen LogP contribution >= 0.6 is 0 Å². The molecule has 0 aliphatic heterocycles. The number of nitrogens with one attached hydrogen (secondary N) is 2. The van der Waals surface area contributed by atoms with Gasteiger partial charge >= 0.3 is 0 Å². The van der Waals surface area contributed by atoms with E-state index < -0.39 is 6.67 Å².